The molecule has 1 aromatic rings. The van der Waals surface area contributed by atoms with Crippen molar-refractivity contribution in [3.8, 4) is 0 Å². The van der Waals surface area contributed by atoms with Crippen LogP contribution in [-0.4, -0.2) is 26.0 Å². The molecule has 0 spiro atoms. The molecular formula is C29H43ClFN3O2. The van der Waals surface area contributed by atoms with Crippen LogP contribution in [0.15, 0.2) is 12.1 Å². The van der Waals surface area contributed by atoms with Gasteiger partial charge in [-0.05, 0) is 104 Å². The highest BCUT2D eigenvalue weighted by molar-refractivity contribution is 6.31. The quantitative estimate of drug-likeness (QED) is 0.264. The number of hydrogen-bond acceptors (Lipinski definition) is 5. The Morgan fingerprint density at radius 3 is 2.69 bits per heavy atom. The fourth-order valence-corrected chi connectivity index (χ4v) is 9.70. The van der Waals surface area contributed by atoms with E-state index in [-0.39, 0.29) is 40.1 Å². The first-order chi connectivity index (χ1) is 17.1. The van der Waals surface area contributed by atoms with Crippen LogP contribution in [-0.2, 0) is 9.53 Å². The van der Waals surface area contributed by atoms with E-state index in [2.05, 4.69) is 13.8 Å². The predicted molar refractivity (Wildman–Crippen MR) is 143 cm³/mol. The molecule has 1 aromatic carbocycles. The van der Waals surface area contributed by atoms with Crippen molar-refractivity contribution in [1.82, 2.24) is 0 Å². The maximum Gasteiger partial charge on any atom is 0.168 e. The van der Waals surface area contributed by atoms with Gasteiger partial charge in [0, 0.05) is 13.0 Å². The molecule has 0 heterocycles. The van der Waals surface area contributed by atoms with Gasteiger partial charge < -0.3 is 10.5 Å². The lowest BCUT2D eigenvalue weighted by atomic mass is 9.44. The van der Waals surface area contributed by atoms with Gasteiger partial charge >= 0.3 is 0 Å². The van der Waals surface area contributed by atoms with Gasteiger partial charge in [-0.2, -0.15) is 0 Å². The predicted octanol–water partition coefficient (Wildman–Crippen LogP) is 6.23. The molecule has 36 heavy (non-hydrogen) atoms. The number of Topliss-reactive ketones (excluding diaryl/α,β-unsaturated/α-hetero) is 1. The first-order valence-corrected chi connectivity index (χ1v) is 14.3. The SMILES string of the molecule is COCC12CCC(C)CC1CCC1C3CCC(C(=O)CN(N)c4c(N)ccc(Cl)c4F)C3(C)CCC12. The summed E-state index contributed by atoms with van der Waals surface area (Å²) in [5, 5.41) is 1.11. The van der Waals surface area contributed by atoms with E-state index in [4.69, 9.17) is 27.9 Å². The van der Waals surface area contributed by atoms with Crippen molar-refractivity contribution in [3.63, 3.8) is 0 Å². The van der Waals surface area contributed by atoms with Crippen LogP contribution in [0.1, 0.15) is 71.6 Å². The summed E-state index contributed by atoms with van der Waals surface area (Å²) >= 11 is 5.96. The second-order valence-corrected chi connectivity index (χ2v) is 13.2. The Morgan fingerprint density at radius 2 is 1.94 bits per heavy atom. The summed E-state index contributed by atoms with van der Waals surface area (Å²) in [5.41, 5.74) is 6.46. The first kappa shape index (κ1) is 26.2. The van der Waals surface area contributed by atoms with Crippen LogP contribution >= 0.6 is 11.6 Å². The second-order valence-electron chi connectivity index (χ2n) is 12.8. The van der Waals surface area contributed by atoms with E-state index < -0.39 is 5.82 Å². The fourth-order valence-electron chi connectivity index (χ4n) is 9.55. The molecule has 4 fully saturated rings. The number of ketones is 1. The standard InChI is InChI=1S/C29H43ClFN3O2/c1-17-10-13-29(16-36-3)18(14-17)4-5-19-20-6-7-22(28(20,2)12-11-21(19)29)25(35)15-34(33)27-24(32)9-8-23(30)26(27)31/h8-9,17-22H,4-7,10-16,32-33H2,1-3H3. The molecule has 4 aliphatic carbocycles. The summed E-state index contributed by atoms with van der Waals surface area (Å²) in [6, 6.07) is 2.93. The number of fused-ring (bicyclic) bond motifs is 5. The van der Waals surface area contributed by atoms with E-state index in [0.717, 1.165) is 42.7 Å². The Balaban J connectivity index is 1.35. The van der Waals surface area contributed by atoms with Crippen molar-refractivity contribution in [2.45, 2.75) is 71.6 Å². The molecule has 0 saturated heterocycles. The number of nitrogens with zero attached hydrogens (tertiary/aromatic N) is 1. The van der Waals surface area contributed by atoms with Gasteiger partial charge in [0.1, 0.15) is 5.69 Å². The minimum atomic E-state index is -0.676. The van der Waals surface area contributed by atoms with E-state index in [1.54, 1.807) is 0 Å². The zero-order valence-electron chi connectivity index (χ0n) is 22.1. The molecule has 8 unspecified atom stereocenters. The van der Waals surface area contributed by atoms with Gasteiger partial charge in [-0.25, -0.2) is 10.2 Å². The first-order valence-electron chi connectivity index (χ1n) is 13.9. The summed E-state index contributed by atoms with van der Waals surface area (Å²) < 4.78 is 20.6. The highest BCUT2D eigenvalue weighted by Crippen LogP contribution is 2.68. The number of rotatable bonds is 6. The van der Waals surface area contributed by atoms with Crippen LogP contribution in [0.2, 0.25) is 5.02 Å². The van der Waals surface area contributed by atoms with Gasteiger partial charge in [0.15, 0.2) is 11.6 Å². The highest BCUT2D eigenvalue weighted by atomic mass is 35.5. The minimum Gasteiger partial charge on any atom is -0.397 e. The molecule has 7 heteroatoms. The van der Waals surface area contributed by atoms with E-state index in [1.165, 1.54) is 50.7 Å². The normalized spacial score (nSPS) is 39.7. The van der Waals surface area contributed by atoms with Crippen LogP contribution in [0.5, 0.6) is 0 Å². The minimum absolute atomic E-state index is 0.00520. The van der Waals surface area contributed by atoms with E-state index in [9.17, 15) is 9.18 Å². The fraction of sp³-hybridized carbons (Fsp3) is 0.759. The number of carbonyl (C=O) groups is 1. The largest absolute Gasteiger partial charge is 0.397 e. The van der Waals surface area contributed by atoms with Crippen LogP contribution < -0.4 is 16.6 Å². The van der Waals surface area contributed by atoms with Crippen molar-refractivity contribution in [2.24, 2.45) is 52.2 Å². The molecule has 4 N–H and O–H groups in total. The van der Waals surface area contributed by atoms with Gasteiger partial charge in [-0.3, -0.25) is 9.80 Å². The van der Waals surface area contributed by atoms with E-state index >= 15 is 0 Å². The Morgan fingerprint density at radius 1 is 1.17 bits per heavy atom. The van der Waals surface area contributed by atoms with Crippen LogP contribution in [0.25, 0.3) is 0 Å². The molecule has 0 radical (unpaired) electrons. The van der Waals surface area contributed by atoms with Crippen molar-refractivity contribution in [2.75, 3.05) is 31.0 Å². The lowest BCUT2D eigenvalue weighted by Crippen LogP contribution is -2.56. The van der Waals surface area contributed by atoms with Crippen LogP contribution in [0, 0.1) is 52.2 Å². The maximum atomic E-state index is 14.7. The van der Waals surface area contributed by atoms with Gasteiger partial charge in [-0.1, -0.05) is 31.9 Å². The number of carbonyl (C=O) groups excluding carboxylic acids is 1. The topological polar surface area (TPSA) is 81.6 Å². The molecular weight excluding hydrogens is 477 g/mol. The third kappa shape index (κ3) is 4.06. The van der Waals surface area contributed by atoms with Crippen LogP contribution in [0.4, 0.5) is 15.8 Å². The van der Waals surface area contributed by atoms with Gasteiger partial charge in [0.2, 0.25) is 0 Å². The van der Waals surface area contributed by atoms with Gasteiger partial charge in [0.05, 0.1) is 23.9 Å². The van der Waals surface area contributed by atoms with Crippen molar-refractivity contribution in [1.29, 1.82) is 0 Å². The number of halogens is 2. The van der Waals surface area contributed by atoms with Gasteiger partial charge in [-0.15, -0.1) is 0 Å². The van der Waals surface area contributed by atoms with Crippen molar-refractivity contribution >= 4 is 28.8 Å². The summed E-state index contributed by atoms with van der Waals surface area (Å²) in [6.45, 7) is 5.58. The molecule has 5 nitrogen and oxygen atoms in total. The molecule has 0 bridgehead atoms. The Labute approximate surface area is 220 Å². The molecule has 200 valence electrons. The maximum absolute atomic E-state index is 14.7. The molecule has 5 rings (SSSR count). The van der Waals surface area contributed by atoms with E-state index in [1.807, 2.05) is 7.11 Å². The Hall–Kier alpha value is -1.37. The lowest BCUT2D eigenvalue weighted by Gasteiger charge is -2.62. The Kier molecular flexibility index (Phi) is 7.10. The molecule has 4 aliphatic rings. The summed E-state index contributed by atoms with van der Waals surface area (Å²) in [5.74, 6) is 9.07. The molecule has 0 aromatic heterocycles. The lowest BCUT2D eigenvalue weighted by molar-refractivity contribution is -0.154. The zero-order chi connectivity index (χ0) is 25.8. The number of nitrogen functional groups attached to an aromatic ring is 1. The zero-order valence-corrected chi connectivity index (χ0v) is 22.8. The summed E-state index contributed by atoms with van der Waals surface area (Å²) in [6.07, 6.45) is 10.7. The highest BCUT2D eigenvalue weighted by Gasteiger charge is 2.62. The number of hydrogen-bond donors (Lipinski definition) is 2. The molecule has 4 saturated carbocycles. The third-order valence-electron chi connectivity index (χ3n) is 11.1. The number of nitrogens with two attached hydrogens (primary N) is 2. The average molecular weight is 520 g/mol. The molecule has 8 atom stereocenters. The average Bonchev–Trinajstić information content (AvgIpc) is 3.19. The number of anilines is 2. The number of benzene rings is 1. The third-order valence-corrected chi connectivity index (χ3v) is 11.4. The van der Waals surface area contributed by atoms with Gasteiger partial charge in [0.25, 0.3) is 0 Å². The van der Waals surface area contributed by atoms with E-state index in [0.29, 0.717) is 23.2 Å². The smallest absolute Gasteiger partial charge is 0.168 e. The van der Waals surface area contributed by atoms with Crippen molar-refractivity contribution < 1.29 is 13.9 Å². The van der Waals surface area contributed by atoms with Crippen LogP contribution in [0.3, 0.4) is 0 Å². The number of ether oxygens (including phenoxy) is 1. The number of methoxy groups -OCH3 is 1. The second kappa shape index (κ2) is 9.74. The molecule has 0 aliphatic heterocycles. The Bertz CT molecular complexity index is 1010. The monoisotopic (exact) mass is 519 g/mol. The molecule has 0 amide bonds. The summed E-state index contributed by atoms with van der Waals surface area (Å²) in [7, 11) is 1.87. The number of hydrazine groups is 1. The summed E-state index contributed by atoms with van der Waals surface area (Å²) in [4.78, 5) is 13.6. The van der Waals surface area contributed by atoms with Crippen molar-refractivity contribution in [3.05, 3.63) is 23.0 Å².